The maximum atomic E-state index is 12.4. The van der Waals surface area contributed by atoms with Crippen LogP contribution in [0.5, 0.6) is 0 Å². The lowest BCUT2D eigenvalue weighted by Crippen LogP contribution is -2.53. The number of likely N-dealkylation sites (tertiary alicyclic amines) is 2. The molecule has 0 saturated carbocycles. The molecule has 23 heavy (non-hydrogen) atoms. The van der Waals surface area contributed by atoms with E-state index < -0.39 is 0 Å². The first-order valence-electron chi connectivity index (χ1n) is 8.55. The molecule has 1 unspecified atom stereocenters. The van der Waals surface area contributed by atoms with E-state index in [9.17, 15) is 9.59 Å². The van der Waals surface area contributed by atoms with Crippen LogP contribution in [0.4, 0.5) is 4.79 Å². The van der Waals surface area contributed by atoms with E-state index in [4.69, 9.17) is 4.42 Å². The number of carbonyl (C=O) groups is 2. The second kappa shape index (κ2) is 7.06. The van der Waals surface area contributed by atoms with Crippen molar-refractivity contribution in [1.29, 1.82) is 0 Å². The molecular weight excluding hydrogens is 294 g/mol. The lowest BCUT2D eigenvalue weighted by Gasteiger charge is -2.37. The Kier molecular flexibility index (Phi) is 4.88. The molecule has 0 aliphatic carbocycles. The minimum Gasteiger partial charge on any atom is -0.459 e. The molecule has 6 heteroatoms. The van der Waals surface area contributed by atoms with Gasteiger partial charge in [-0.3, -0.25) is 4.79 Å². The van der Waals surface area contributed by atoms with Crippen LogP contribution in [0.1, 0.15) is 49.6 Å². The highest BCUT2D eigenvalue weighted by molar-refractivity contribution is 5.91. The summed E-state index contributed by atoms with van der Waals surface area (Å²) >= 11 is 0. The van der Waals surface area contributed by atoms with Crippen LogP contribution in [-0.4, -0.2) is 53.5 Å². The molecule has 2 aliphatic heterocycles. The number of nitrogens with zero attached hydrogens (tertiary/aromatic N) is 2. The fraction of sp³-hybridized carbons (Fsp3) is 0.647. The van der Waals surface area contributed by atoms with E-state index in [1.165, 1.54) is 12.7 Å². The molecule has 6 nitrogen and oxygen atoms in total. The van der Waals surface area contributed by atoms with Gasteiger partial charge in [0.25, 0.3) is 5.91 Å². The number of furan rings is 1. The van der Waals surface area contributed by atoms with Crippen molar-refractivity contribution >= 4 is 11.9 Å². The number of urea groups is 1. The SMILES string of the molecule is CC1CCCCN1C(=O)NC1CCN(C(=O)c2ccco2)CC1. The maximum Gasteiger partial charge on any atom is 0.317 e. The number of nitrogens with one attached hydrogen (secondary N) is 1. The number of rotatable bonds is 2. The number of piperidine rings is 2. The number of amides is 3. The van der Waals surface area contributed by atoms with Crippen LogP contribution >= 0.6 is 0 Å². The third-order valence-electron chi connectivity index (χ3n) is 4.91. The van der Waals surface area contributed by atoms with Crippen LogP contribution in [0.3, 0.4) is 0 Å². The Balaban J connectivity index is 1.47. The van der Waals surface area contributed by atoms with E-state index in [2.05, 4.69) is 12.2 Å². The third kappa shape index (κ3) is 3.68. The van der Waals surface area contributed by atoms with E-state index in [1.807, 2.05) is 4.90 Å². The second-order valence-electron chi connectivity index (χ2n) is 6.53. The van der Waals surface area contributed by atoms with Gasteiger partial charge in [-0.05, 0) is 51.2 Å². The molecule has 3 heterocycles. The number of hydrogen-bond acceptors (Lipinski definition) is 3. The van der Waals surface area contributed by atoms with Crippen LogP contribution in [0, 0.1) is 0 Å². The van der Waals surface area contributed by atoms with E-state index >= 15 is 0 Å². The Hall–Kier alpha value is -1.98. The molecule has 0 radical (unpaired) electrons. The summed E-state index contributed by atoms with van der Waals surface area (Å²) in [5, 5.41) is 3.14. The minimum absolute atomic E-state index is 0.0491. The average molecular weight is 319 g/mol. The summed E-state index contributed by atoms with van der Waals surface area (Å²) in [5.41, 5.74) is 0. The predicted octanol–water partition coefficient (Wildman–Crippen LogP) is 2.47. The van der Waals surface area contributed by atoms with Gasteiger partial charge in [0.05, 0.1) is 6.26 Å². The quantitative estimate of drug-likeness (QED) is 0.910. The predicted molar refractivity (Wildman–Crippen MR) is 86.2 cm³/mol. The molecule has 126 valence electrons. The molecule has 0 bridgehead atoms. The number of carbonyl (C=O) groups excluding carboxylic acids is 2. The van der Waals surface area contributed by atoms with E-state index in [1.54, 1.807) is 17.0 Å². The van der Waals surface area contributed by atoms with Gasteiger partial charge in [0.15, 0.2) is 5.76 Å². The van der Waals surface area contributed by atoms with Crippen molar-refractivity contribution in [3.63, 3.8) is 0 Å². The molecule has 0 spiro atoms. The molecule has 3 amide bonds. The zero-order valence-corrected chi connectivity index (χ0v) is 13.7. The highest BCUT2D eigenvalue weighted by Gasteiger charge is 2.28. The van der Waals surface area contributed by atoms with Crippen LogP contribution in [0.25, 0.3) is 0 Å². The molecule has 2 fully saturated rings. The first-order chi connectivity index (χ1) is 11.1. The van der Waals surface area contributed by atoms with E-state index in [-0.39, 0.29) is 18.0 Å². The van der Waals surface area contributed by atoms with Crippen LogP contribution in [0.2, 0.25) is 0 Å². The first kappa shape index (κ1) is 15.9. The van der Waals surface area contributed by atoms with Crippen molar-refractivity contribution in [2.24, 2.45) is 0 Å². The van der Waals surface area contributed by atoms with Crippen molar-refractivity contribution in [1.82, 2.24) is 15.1 Å². The lowest BCUT2D eigenvalue weighted by atomic mass is 10.0. The van der Waals surface area contributed by atoms with Crippen molar-refractivity contribution in [3.8, 4) is 0 Å². The summed E-state index contributed by atoms with van der Waals surface area (Å²) in [6.07, 6.45) is 6.48. The molecule has 0 aromatic carbocycles. The Morgan fingerprint density at radius 2 is 1.96 bits per heavy atom. The van der Waals surface area contributed by atoms with Crippen molar-refractivity contribution in [3.05, 3.63) is 24.2 Å². The van der Waals surface area contributed by atoms with Gasteiger partial charge in [0.2, 0.25) is 0 Å². The van der Waals surface area contributed by atoms with Crippen LogP contribution in [0.15, 0.2) is 22.8 Å². The fourth-order valence-electron chi connectivity index (χ4n) is 3.44. The van der Waals surface area contributed by atoms with Crippen molar-refractivity contribution in [2.75, 3.05) is 19.6 Å². The Morgan fingerprint density at radius 1 is 1.17 bits per heavy atom. The zero-order valence-electron chi connectivity index (χ0n) is 13.7. The molecule has 1 atom stereocenters. The second-order valence-corrected chi connectivity index (χ2v) is 6.53. The zero-order chi connectivity index (χ0) is 16.2. The monoisotopic (exact) mass is 319 g/mol. The van der Waals surface area contributed by atoms with Gasteiger partial charge in [0, 0.05) is 31.7 Å². The van der Waals surface area contributed by atoms with Crippen LogP contribution < -0.4 is 5.32 Å². The summed E-state index contributed by atoms with van der Waals surface area (Å²) in [6, 6.07) is 3.93. The topological polar surface area (TPSA) is 65.8 Å². The fourth-order valence-corrected chi connectivity index (χ4v) is 3.44. The third-order valence-corrected chi connectivity index (χ3v) is 4.91. The average Bonchev–Trinajstić information content (AvgIpc) is 3.09. The Bertz CT molecular complexity index is 535. The molecule has 2 saturated heterocycles. The summed E-state index contributed by atoms with van der Waals surface area (Å²) < 4.78 is 5.16. The number of hydrogen-bond donors (Lipinski definition) is 1. The summed E-state index contributed by atoms with van der Waals surface area (Å²) in [4.78, 5) is 28.4. The van der Waals surface area contributed by atoms with Gasteiger partial charge in [-0.15, -0.1) is 0 Å². The molecule has 1 aromatic heterocycles. The minimum atomic E-state index is -0.0653. The maximum absolute atomic E-state index is 12.4. The summed E-state index contributed by atoms with van der Waals surface area (Å²) in [6.45, 7) is 4.27. The van der Waals surface area contributed by atoms with Crippen molar-refractivity contribution in [2.45, 2.75) is 51.1 Å². The van der Waals surface area contributed by atoms with Gasteiger partial charge in [-0.25, -0.2) is 4.79 Å². The standard InChI is InChI=1S/C17H25N3O3/c1-13-5-2-3-9-20(13)17(22)18-14-7-10-19(11-8-14)16(21)15-6-4-12-23-15/h4,6,12-14H,2-3,5,7-11H2,1H3,(H,18,22). The van der Waals surface area contributed by atoms with Gasteiger partial charge in [-0.2, -0.15) is 0 Å². The van der Waals surface area contributed by atoms with Gasteiger partial charge < -0.3 is 19.5 Å². The molecule has 2 aliphatic rings. The molecule has 1 aromatic rings. The summed E-state index contributed by atoms with van der Waals surface area (Å²) in [7, 11) is 0. The normalized spacial score (nSPS) is 22.9. The smallest absolute Gasteiger partial charge is 0.317 e. The molecule has 1 N–H and O–H groups in total. The van der Waals surface area contributed by atoms with Gasteiger partial charge in [-0.1, -0.05) is 0 Å². The van der Waals surface area contributed by atoms with Gasteiger partial charge >= 0.3 is 6.03 Å². The molecule has 3 rings (SSSR count). The molecular formula is C17H25N3O3. The Morgan fingerprint density at radius 3 is 2.61 bits per heavy atom. The largest absolute Gasteiger partial charge is 0.459 e. The highest BCUT2D eigenvalue weighted by Crippen LogP contribution is 2.18. The Labute approximate surface area is 136 Å². The van der Waals surface area contributed by atoms with Crippen LogP contribution in [-0.2, 0) is 0 Å². The van der Waals surface area contributed by atoms with E-state index in [0.29, 0.717) is 24.9 Å². The lowest BCUT2D eigenvalue weighted by molar-refractivity contribution is 0.0672. The van der Waals surface area contributed by atoms with Gasteiger partial charge in [0.1, 0.15) is 0 Å². The highest BCUT2D eigenvalue weighted by atomic mass is 16.3. The first-order valence-corrected chi connectivity index (χ1v) is 8.55. The summed E-state index contributed by atoms with van der Waals surface area (Å²) in [5.74, 6) is 0.319. The van der Waals surface area contributed by atoms with Crippen molar-refractivity contribution < 1.29 is 14.0 Å². The van der Waals surface area contributed by atoms with E-state index in [0.717, 1.165) is 32.2 Å².